The molecular weight excluding hydrogens is 482 g/mol. The first-order valence-corrected chi connectivity index (χ1v) is 10.6. The monoisotopic (exact) mass is 511 g/mol. The summed E-state index contributed by atoms with van der Waals surface area (Å²) in [6.45, 7) is 1.12. The molecule has 5 unspecified atom stereocenters. The Bertz CT molecular complexity index is 982. The molecule has 0 aliphatic heterocycles. The summed E-state index contributed by atoms with van der Waals surface area (Å²) in [7, 11) is 0. The number of aromatic hydroxyl groups is 1. The lowest BCUT2D eigenvalue weighted by Gasteiger charge is -2.26. The molecule has 0 aliphatic rings. The van der Waals surface area contributed by atoms with Crippen LogP contribution < -0.4 is 27.4 Å². The molecule has 0 radical (unpaired) electrons. The van der Waals surface area contributed by atoms with Crippen LogP contribution in [0.1, 0.15) is 25.3 Å². The Morgan fingerprint density at radius 2 is 1.42 bits per heavy atom. The summed E-state index contributed by atoms with van der Waals surface area (Å²) in [5, 5.41) is 43.8. The summed E-state index contributed by atoms with van der Waals surface area (Å²) < 4.78 is 0. The highest BCUT2D eigenvalue weighted by Crippen LogP contribution is 2.12. The molecule has 0 bridgehead atoms. The molecule has 0 aliphatic carbocycles. The number of benzene rings is 1. The third-order valence-electron chi connectivity index (χ3n) is 4.82. The van der Waals surface area contributed by atoms with Gasteiger partial charge in [-0.05, 0) is 24.6 Å². The third-order valence-corrected chi connectivity index (χ3v) is 4.82. The number of carbonyl (C=O) groups is 6. The molecule has 1 aromatic carbocycles. The number of rotatable bonds is 14. The van der Waals surface area contributed by atoms with E-state index in [4.69, 9.17) is 21.7 Å². The van der Waals surface area contributed by atoms with Gasteiger partial charge in [-0.2, -0.15) is 0 Å². The van der Waals surface area contributed by atoms with E-state index in [0.717, 1.165) is 6.92 Å². The van der Waals surface area contributed by atoms with Crippen molar-refractivity contribution in [3.05, 3.63) is 29.8 Å². The van der Waals surface area contributed by atoms with E-state index in [9.17, 15) is 39.0 Å². The maximum atomic E-state index is 13.0. The third kappa shape index (κ3) is 9.94. The maximum absolute atomic E-state index is 13.0. The summed E-state index contributed by atoms with van der Waals surface area (Å²) in [5.41, 5.74) is 11.1. The maximum Gasteiger partial charge on any atom is 0.326 e. The lowest BCUT2D eigenvalue weighted by atomic mass is 10.0. The molecule has 36 heavy (non-hydrogen) atoms. The molecule has 0 saturated carbocycles. The molecule has 4 amide bonds. The second kappa shape index (κ2) is 13.6. The van der Waals surface area contributed by atoms with Crippen molar-refractivity contribution < 1.29 is 49.2 Å². The molecule has 0 fully saturated rings. The summed E-state index contributed by atoms with van der Waals surface area (Å²) in [5.74, 6) is -7.18. The van der Waals surface area contributed by atoms with E-state index in [1.807, 2.05) is 5.32 Å². The molecule has 0 heterocycles. The molecule has 15 heteroatoms. The number of carboxylic acid groups (broad SMARTS) is 2. The number of aliphatic hydroxyl groups excluding tert-OH is 1. The van der Waals surface area contributed by atoms with Crippen LogP contribution in [-0.4, -0.2) is 86.3 Å². The summed E-state index contributed by atoms with van der Waals surface area (Å²) in [4.78, 5) is 71.1. The van der Waals surface area contributed by atoms with Crippen LogP contribution in [0.25, 0.3) is 0 Å². The minimum atomic E-state index is -1.84. The summed E-state index contributed by atoms with van der Waals surface area (Å²) in [6, 6.07) is -0.804. The molecule has 0 aromatic heterocycles. The van der Waals surface area contributed by atoms with Gasteiger partial charge in [-0.25, -0.2) is 4.79 Å². The first kappa shape index (κ1) is 29.8. The fourth-order valence-corrected chi connectivity index (χ4v) is 2.96. The van der Waals surface area contributed by atoms with E-state index in [1.54, 1.807) is 0 Å². The molecule has 11 N–H and O–H groups in total. The van der Waals surface area contributed by atoms with Gasteiger partial charge in [0.05, 0.1) is 25.0 Å². The van der Waals surface area contributed by atoms with Crippen molar-refractivity contribution in [2.45, 2.75) is 56.5 Å². The van der Waals surface area contributed by atoms with Crippen LogP contribution in [0.5, 0.6) is 5.75 Å². The SMILES string of the molecule is CC(O)C(NC(=O)C(Cc1ccc(O)cc1)NC(=O)C(N)CC(N)=O)C(=O)NC(CC(=O)O)C(=O)O. The highest BCUT2D eigenvalue weighted by atomic mass is 16.4. The number of aliphatic hydroxyl groups is 1. The zero-order valence-corrected chi connectivity index (χ0v) is 19.2. The number of nitrogens with two attached hydrogens (primary N) is 2. The van der Waals surface area contributed by atoms with Crippen LogP contribution in [0.2, 0.25) is 0 Å². The van der Waals surface area contributed by atoms with Gasteiger partial charge < -0.3 is 47.8 Å². The van der Waals surface area contributed by atoms with E-state index < -0.39 is 78.7 Å². The van der Waals surface area contributed by atoms with Crippen LogP contribution in [-0.2, 0) is 35.2 Å². The van der Waals surface area contributed by atoms with E-state index >= 15 is 0 Å². The first-order chi connectivity index (χ1) is 16.7. The lowest BCUT2D eigenvalue weighted by molar-refractivity contribution is -0.148. The Balaban J connectivity index is 3.12. The Labute approximate surface area is 204 Å². The van der Waals surface area contributed by atoms with Crippen LogP contribution in [0.4, 0.5) is 0 Å². The predicted molar refractivity (Wildman–Crippen MR) is 121 cm³/mol. The van der Waals surface area contributed by atoms with Gasteiger partial charge in [0.1, 0.15) is 23.9 Å². The minimum absolute atomic E-state index is 0.0625. The van der Waals surface area contributed by atoms with Gasteiger partial charge in [0.15, 0.2) is 0 Å². The van der Waals surface area contributed by atoms with Crippen molar-refractivity contribution in [2.75, 3.05) is 0 Å². The number of aliphatic carboxylic acids is 2. The van der Waals surface area contributed by atoms with Crippen molar-refractivity contribution in [1.82, 2.24) is 16.0 Å². The highest BCUT2D eigenvalue weighted by molar-refractivity contribution is 5.95. The first-order valence-electron chi connectivity index (χ1n) is 10.6. The molecule has 5 atom stereocenters. The quantitative estimate of drug-likeness (QED) is 0.118. The molecule has 1 aromatic rings. The number of hydrogen-bond acceptors (Lipinski definition) is 9. The molecule has 198 valence electrons. The van der Waals surface area contributed by atoms with Gasteiger partial charge in [0.25, 0.3) is 0 Å². The predicted octanol–water partition coefficient (Wildman–Crippen LogP) is -3.47. The summed E-state index contributed by atoms with van der Waals surface area (Å²) >= 11 is 0. The van der Waals surface area contributed by atoms with E-state index in [-0.39, 0.29) is 12.2 Å². The van der Waals surface area contributed by atoms with Crippen LogP contribution in [0.3, 0.4) is 0 Å². The number of amides is 4. The number of primary amides is 1. The van der Waals surface area contributed by atoms with Crippen LogP contribution in [0, 0.1) is 0 Å². The molecular formula is C21H29N5O10. The van der Waals surface area contributed by atoms with Crippen LogP contribution >= 0.6 is 0 Å². The second-order valence-electron chi connectivity index (χ2n) is 7.93. The second-order valence-corrected chi connectivity index (χ2v) is 7.93. The molecule has 1 rings (SSSR count). The number of hydrogen-bond donors (Lipinski definition) is 9. The van der Waals surface area contributed by atoms with Crippen molar-refractivity contribution in [3.63, 3.8) is 0 Å². The molecule has 0 saturated heterocycles. The van der Waals surface area contributed by atoms with Gasteiger partial charge in [0.2, 0.25) is 23.6 Å². The smallest absolute Gasteiger partial charge is 0.326 e. The topological polar surface area (TPSA) is 271 Å². The van der Waals surface area contributed by atoms with E-state index in [0.29, 0.717) is 5.56 Å². The van der Waals surface area contributed by atoms with Gasteiger partial charge >= 0.3 is 11.9 Å². The fraction of sp³-hybridized carbons (Fsp3) is 0.429. The largest absolute Gasteiger partial charge is 0.508 e. The Morgan fingerprint density at radius 3 is 1.89 bits per heavy atom. The van der Waals surface area contributed by atoms with Crippen LogP contribution in [0.15, 0.2) is 24.3 Å². The number of phenolic OH excluding ortho intramolecular Hbond substituents is 1. The van der Waals surface area contributed by atoms with Gasteiger partial charge in [-0.15, -0.1) is 0 Å². The lowest BCUT2D eigenvalue weighted by Crippen LogP contribution is -2.60. The number of nitrogens with one attached hydrogen (secondary N) is 3. The zero-order valence-electron chi connectivity index (χ0n) is 19.2. The van der Waals surface area contributed by atoms with Gasteiger partial charge in [0, 0.05) is 6.42 Å². The van der Waals surface area contributed by atoms with Crippen molar-refractivity contribution >= 4 is 35.6 Å². The molecule has 0 spiro atoms. The summed E-state index contributed by atoms with van der Waals surface area (Å²) in [6.07, 6.45) is -3.21. The minimum Gasteiger partial charge on any atom is -0.508 e. The average molecular weight is 511 g/mol. The number of carboxylic acids is 2. The Kier molecular flexibility index (Phi) is 11.3. The Morgan fingerprint density at radius 1 is 0.861 bits per heavy atom. The normalized spacial score (nSPS) is 14.9. The number of carbonyl (C=O) groups excluding carboxylic acids is 4. The number of phenols is 1. The van der Waals surface area contributed by atoms with Crippen molar-refractivity contribution in [1.29, 1.82) is 0 Å². The molecule has 15 nitrogen and oxygen atoms in total. The van der Waals surface area contributed by atoms with E-state index in [1.165, 1.54) is 24.3 Å². The fourth-order valence-electron chi connectivity index (χ4n) is 2.96. The van der Waals surface area contributed by atoms with Gasteiger partial charge in [-0.1, -0.05) is 12.1 Å². The van der Waals surface area contributed by atoms with Crippen molar-refractivity contribution in [2.24, 2.45) is 11.5 Å². The Hall–Kier alpha value is -4.24. The van der Waals surface area contributed by atoms with E-state index in [2.05, 4.69) is 10.6 Å². The average Bonchev–Trinajstić information content (AvgIpc) is 2.76. The van der Waals surface area contributed by atoms with Crippen molar-refractivity contribution in [3.8, 4) is 5.75 Å². The zero-order chi connectivity index (χ0) is 27.6. The standard InChI is InChI=1S/C21H29N5O10/c1-9(27)17(20(34)25-14(21(35)36)8-16(30)31)26-19(33)13(6-10-2-4-11(28)5-3-10)24-18(32)12(22)7-15(23)29/h2-5,9,12-14,17,27-28H,6-8,22H2,1H3,(H2,23,29)(H,24,32)(H,25,34)(H,26,33)(H,30,31)(H,35,36). The van der Waals surface area contributed by atoms with Gasteiger partial charge in [-0.3, -0.25) is 24.0 Å². The highest BCUT2D eigenvalue weighted by Gasteiger charge is 2.33.